The fourth-order valence-electron chi connectivity index (χ4n) is 5.18. The second-order valence-corrected chi connectivity index (χ2v) is 9.62. The summed E-state index contributed by atoms with van der Waals surface area (Å²) in [5.74, 6) is 0.0262. The molecule has 0 bridgehead atoms. The molecule has 3 aliphatic rings. The molecule has 0 saturated carbocycles. The normalized spacial score (nSPS) is 26.1. The van der Waals surface area contributed by atoms with E-state index in [2.05, 4.69) is 17.3 Å². The summed E-state index contributed by atoms with van der Waals surface area (Å²) in [6.07, 6.45) is 3.48. The van der Waals surface area contributed by atoms with E-state index in [-0.39, 0.29) is 36.2 Å². The number of likely N-dealkylation sites (tertiary alicyclic amines) is 2. The average Bonchev–Trinajstić information content (AvgIpc) is 3.40. The Bertz CT molecular complexity index is 847. The smallest absolute Gasteiger partial charge is 0.251 e. The summed E-state index contributed by atoms with van der Waals surface area (Å²) in [7, 11) is 2.15. The summed E-state index contributed by atoms with van der Waals surface area (Å²) < 4.78 is 5.52. The lowest BCUT2D eigenvalue weighted by molar-refractivity contribution is -0.139. The van der Waals surface area contributed by atoms with Crippen LogP contribution in [0.2, 0.25) is 0 Å². The van der Waals surface area contributed by atoms with E-state index in [1.54, 1.807) is 4.90 Å². The van der Waals surface area contributed by atoms with Gasteiger partial charge in [0.15, 0.2) is 5.78 Å². The molecule has 3 heterocycles. The van der Waals surface area contributed by atoms with Gasteiger partial charge in [-0.2, -0.15) is 0 Å². The molecule has 0 aromatic heterocycles. The number of carbonyl (C=O) groups is 3. The Morgan fingerprint density at radius 1 is 1.12 bits per heavy atom. The number of ether oxygens (including phenoxy) is 1. The second-order valence-electron chi connectivity index (χ2n) is 9.62. The maximum Gasteiger partial charge on any atom is 0.251 e. The highest BCUT2D eigenvalue weighted by Crippen LogP contribution is 2.29. The number of hydrogen-bond donors (Lipinski definition) is 1. The summed E-state index contributed by atoms with van der Waals surface area (Å²) in [4.78, 5) is 42.6. The van der Waals surface area contributed by atoms with E-state index < -0.39 is 12.1 Å². The molecule has 7 nitrogen and oxygen atoms in total. The Kier molecular flexibility index (Phi) is 6.96. The largest absolute Gasteiger partial charge is 0.368 e. The Morgan fingerprint density at radius 2 is 1.81 bits per heavy atom. The van der Waals surface area contributed by atoms with Crippen molar-refractivity contribution in [1.29, 1.82) is 0 Å². The first-order chi connectivity index (χ1) is 15.4. The van der Waals surface area contributed by atoms with Gasteiger partial charge in [-0.1, -0.05) is 32.4 Å². The van der Waals surface area contributed by atoms with Crippen molar-refractivity contribution in [3.8, 4) is 0 Å². The number of piperidine rings is 1. The van der Waals surface area contributed by atoms with Crippen LogP contribution in [0.3, 0.4) is 0 Å². The van der Waals surface area contributed by atoms with E-state index in [1.807, 2.05) is 38.1 Å². The molecule has 3 aliphatic heterocycles. The number of nitrogens with one attached hydrogen (secondary N) is 1. The molecule has 174 valence electrons. The molecule has 1 aromatic rings. The number of rotatable bonds is 6. The fraction of sp³-hybridized carbons (Fsp3) is 0.640. The number of Topliss-reactive ketones (excluding diaryl/α,β-unsaturated/α-hetero) is 1. The van der Waals surface area contributed by atoms with Gasteiger partial charge in [0.25, 0.3) is 5.91 Å². The molecule has 3 fully saturated rings. The molecule has 7 heteroatoms. The topological polar surface area (TPSA) is 79.0 Å². The van der Waals surface area contributed by atoms with Gasteiger partial charge in [-0.3, -0.25) is 14.4 Å². The summed E-state index contributed by atoms with van der Waals surface area (Å²) in [6, 6.07) is 6.66. The summed E-state index contributed by atoms with van der Waals surface area (Å²) >= 11 is 0. The van der Waals surface area contributed by atoms with Crippen molar-refractivity contribution < 1.29 is 19.1 Å². The van der Waals surface area contributed by atoms with Crippen LogP contribution in [0.1, 0.15) is 61.4 Å². The van der Waals surface area contributed by atoms with E-state index >= 15 is 0 Å². The maximum atomic E-state index is 13.4. The Labute approximate surface area is 190 Å². The van der Waals surface area contributed by atoms with E-state index in [4.69, 9.17) is 4.74 Å². The molecule has 32 heavy (non-hydrogen) atoms. The lowest BCUT2D eigenvalue weighted by Gasteiger charge is -2.30. The van der Waals surface area contributed by atoms with Crippen molar-refractivity contribution in [2.75, 3.05) is 33.3 Å². The fourth-order valence-corrected chi connectivity index (χ4v) is 5.18. The number of fused-ring (bicyclic) bond motifs is 1. The van der Waals surface area contributed by atoms with Crippen LogP contribution < -0.4 is 5.32 Å². The number of hydrogen-bond acceptors (Lipinski definition) is 5. The zero-order valence-electron chi connectivity index (χ0n) is 19.4. The molecule has 0 aliphatic carbocycles. The molecule has 2 amide bonds. The predicted molar refractivity (Wildman–Crippen MR) is 121 cm³/mol. The van der Waals surface area contributed by atoms with Gasteiger partial charge in [0.1, 0.15) is 18.7 Å². The van der Waals surface area contributed by atoms with Crippen molar-refractivity contribution in [3.05, 3.63) is 35.4 Å². The van der Waals surface area contributed by atoms with Gasteiger partial charge in [-0.05, 0) is 68.9 Å². The molecule has 3 saturated heterocycles. The van der Waals surface area contributed by atoms with Crippen molar-refractivity contribution in [3.63, 3.8) is 0 Å². The van der Waals surface area contributed by atoms with E-state index in [1.165, 1.54) is 5.56 Å². The lowest BCUT2D eigenvalue weighted by Crippen LogP contribution is -2.54. The predicted octanol–water partition coefficient (Wildman–Crippen LogP) is 2.21. The standard InChI is InChI=1S/C25H35N3O4/c1-4-16(2)22(25(31)28-14-11-21-23(28)20(29)15-32-21)26-24(30)19-7-5-17(6-8-19)18-9-12-27(3)13-10-18/h5-8,16,18,21-23H,4,9-15H2,1-3H3,(H,26,30)/t16-,21+,22-,23+/m0/s1. The van der Waals surface area contributed by atoms with Gasteiger partial charge in [0.2, 0.25) is 5.91 Å². The minimum atomic E-state index is -0.659. The van der Waals surface area contributed by atoms with Gasteiger partial charge in [-0.15, -0.1) is 0 Å². The summed E-state index contributed by atoms with van der Waals surface area (Å²) in [6.45, 7) is 6.72. The highest BCUT2D eigenvalue weighted by atomic mass is 16.5. The quantitative estimate of drug-likeness (QED) is 0.732. The van der Waals surface area contributed by atoms with Crippen LogP contribution in [0.15, 0.2) is 24.3 Å². The van der Waals surface area contributed by atoms with Gasteiger partial charge in [-0.25, -0.2) is 0 Å². The monoisotopic (exact) mass is 441 g/mol. The van der Waals surface area contributed by atoms with Gasteiger partial charge < -0.3 is 19.9 Å². The second kappa shape index (κ2) is 9.71. The van der Waals surface area contributed by atoms with Crippen LogP contribution in [0.25, 0.3) is 0 Å². The number of nitrogens with zero attached hydrogens (tertiary/aromatic N) is 2. The van der Waals surface area contributed by atoms with Gasteiger partial charge >= 0.3 is 0 Å². The first-order valence-electron chi connectivity index (χ1n) is 11.9. The summed E-state index contributed by atoms with van der Waals surface area (Å²) in [5, 5.41) is 2.97. The molecule has 1 aromatic carbocycles. The molecule has 0 radical (unpaired) electrons. The van der Waals surface area contributed by atoms with Crippen LogP contribution >= 0.6 is 0 Å². The molecule has 0 spiro atoms. The van der Waals surface area contributed by atoms with Crippen molar-refractivity contribution >= 4 is 17.6 Å². The minimum Gasteiger partial charge on any atom is -0.368 e. The number of benzene rings is 1. The van der Waals surface area contributed by atoms with Crippen LogP contribution in [-0.2, 0) is 14.3 Å². The molecular formula is C25H35N3O4. The number of carbonyl (C=O) groups excluding carboxylic acids is 3. The molecule has 4 rings (SSSR count). The highest BCUT2D eigenvalue weighted by Gasteiger charge is 2.48. The molecule has 0 unspecified atom stereocenters. The zero-order valence-corrected chi connectivity index (χ0v) is 19.4. The van der Waals surface area contributed by atoms with Gasteiger partial charge in [0.05, 0.1) is 6.10 Å². The zero-order chi connectivity index (χ0) is 22.8. The third kappa shape index (κ3) is 4.59. The number of amides is 2. The van der Waals surface area contributed by atoms with Crippen molar-refractivity contribution in [2.45, 2.75) is 63.6 Å². The van der Waals surface area contributed by atoms with Gasteiger partial charge in [0, 0.05) is 12.1 Å². The highest BCUT2D eigenvalue weighted by molar-refractivity contribution is 5.99. The van der Waals surface area contributed by atoms with Crippen molar-refractivity contribution in [1.82, 2.24) is 15.1 Å². The SMILES string of the molecule is CC[C@H](C)[C@H](NC(=O)c1ccc(C2CCN(C)CC2)cc1)C(=O)N1CC[C@H]2OCC(=O)[C@H]21. The van der Waals surface area contributed by atoms with Crippen LogP contribution in [0.4, 0.5) is 0 Å². The molecule has 1 N–H and O–H groups in total. The third-order valence-corrected chi connectivity index (χ3v) is 7.52. The lowest BCUT2D eigenvalue weighted by atomic mass is 9.89. The number of ketones is 1. The maximum absolute atomic E-state index is 13.4. The first kappa shape index (κ1) is 22.9. The minimum absolute atomic E-state index is 0.0403. The van der Waals surface area contributed by atoms with Crippen LogP contribution in [0, 0.1) is 5.92 Å². The van der Waals surface area contributed by atoms with Crippen LogP contribution in [-0.4, -0.2) is 78.9 Å². The Hall–Kier alpha value is -2.25. The van der Waals surface area contributed by atoms with Crippen LogP contribution in [0.5, 0.6) is 0 Å². The van der Waals surface area contributed by atoms with Crippen molar-refractivity contribution in [2.24, 2.45) is 5.92 Å². The van der Waals surface area contributed by atoms with E-state index in [0.717, 1.165) is 32.4 Å². The summed E-state index contributed by atoms with van der Waals surface area (Å²) in [5.41, 5.74) is 1.83. The Balaban J connectivity index is 1.44. The average molecular weight is 442 g/mol. The Morgan fingerprint density at radius 3 is 2.47 bits per heavy atom. The first-order valence-corrected chi connectivity index (χ1v) is 11.9. The molecular weight excluding hydrogens is 406 g/mol. The third-order valence-electron chi connectivity index (χ3n) is 7.52. The van der Waals surface area contributed by atoms with E-state index in [9.17, 15) is 14.4 Å². The van der Waals surface area contributed by atoms with E-state index in [0.29, 0.717) is 24.4 Å². The molecule has 4 atom stereocenters.